The smallest absolute Gasteiger partial charge is 0.267 e. The molecule has 27 heavy (non-hydrogen) atoms. The lowest BCUT2D eigenvalue weighted by Gasteiger charge is -2.14. The molecule has 0 saturated heterocycles. The van der Waals surface area contributed by atoms with Gasteiger partial charge in [0.05, 0.1) is 17.5 Å². The quantitative estimate of drug-likeness (QED) is 0.529. The highest BCUT2D eigenvalue weighted by molar-refractivity contribution is 5.95. The molecule has 0 aromatic carbocycles. The van der Waals surface area contributed by atoms with E-state index >= 15 is 0 Å². The summed E-state index contributed by atoms with van der Waals surface area (Å²) in [5, 5.41) is 8.65. The molecule has 0 fully saturated rings. The molecule has 0 atom stereocenters. The summed E-state index contributed by atoms with van der Waals surface area (Å²) in [4.78, 5) is 33.4. The van der Waals surface area contributed by atoms with E-state index < -0.39 is 5.91 Å². The van der Waals surface area contributed by atoms with Crippen molar-refractivity contribution in [2.75, 3.05) is 0 Å². The highest BCUT2D eigenvalue weighted by Crippen LogP contribution is 2.12. The Morgan fingerprint density at radius 2 is 1.96 bits per heavy atom. The molecule has 0 saturated carbocycles. The number of fused-ring (bicyclic) bond motifs is 2. The Balaban J connectivity index is 2.13. The van der Waals surface area contributed by atoms with Crippen LogP contribution in [0.25, 0.3) is 16.7 Å². The van der Waals surface area contributed by atoms with Crippen LogP contribution >= 0.6 is 0 Å². The first-order chi connectivity index (χ1) is 13.0. The van der Waals surface area contributed by atoms with E-state index in [1.54, 1.807) is 36.8 Å². The fourth-order valence-corrected chi connectivity index (χ4v) is 3.06. The Bertz CT molecular complexity index is 1320. The zero-order valence-electron chi connectivity index (χ0n) is 14.5. The number of nitrogens with two attached hydrogens (primary N) is 1. The van der Waals surface area contributed by atoms with Crippen LogP contribution in [0.2, 0.25) is 0 Å². The number of hydrogen-bond acceptors (Lipinski definition) is 5. The van der Waals surface area contributed by atoms with Gasteiger partial charge in [0.1, 0.15) is 16.8 Å². The summed E-state index contributed by atoms with van der Waals surface area (Å²) in [7, 11) is 0. The third kappa shape index (κ3) is 2.77. The number of pyridine rings is 3. The van der Waals surface area contributed by atoms with Gasteiger partial charge in [-0.2, -0.15) is 0 Å². The normalized spacial score (nSPS) is 11.1. The minimum absolute atomic E-state index is 0.0249. The molecule has 0 aliphatic carbocycles. The summed E-state index contributed by atoms with van der Waals surface area (Å²) in [5.41, 5.74) is 7.57. The van der Waals surface area contributed by atoms with Gasteiger partial charge in [-0.1, -0.05) is 6.07 Å². The van der Waals surface area contributed by atoms with Gasteiger partial charge in [-0.15, -0.1) is 0 Å². The minimum atomic E-state index is -0.765. The van der Waals surface area contributed by atoms with E-state index in [0.29, 0.717) is 11.3 Å². The number of carbonyl (C=O) groups excluding carboxylic acids is 1. The van der Waals surface area contributed by atoms with Crippen molar-refractivity contribution in [3.8, 4) is 0 Å². The van der Waals surface area contributed by atoms with E-state index in [4.69, 9.17) is 11.1 Å². The summed E-state index contributed by atoms with van der Waals surface area (Å²) >= 11 is 0. The van der Waals surface area contributed by atoms with Crippen molar-refractivity contribution in [1.29, 1.82) is 5.41 Å². The topological polar surface area (TPSA) is 119 Å². The molecule has 4 rings (SSSR count). The van der Waals surface area contributed by atoms with Crippen LogP contribution in [0.3, 0.4) is 0 Å². The Morgan fingerprint density at radius 3 is 2.67 bits per heavy atom. The van der Waals surface area contributed by atoms with Crippen LogP contribution in [0, 0.1) is 12.3 Å². The van der Waals surface area contributed by atoms with Gasteiger partial charge in [0.2, 0.25) is 0 Å². The van der Waals surface area contributed by atoms with Gasteiger partial charge in [-0.25, -0.2) is 4.98 Å². The molecule has 4 aromatic rings. The van der Waals surface area contributed by atoms with Gasteiger partial charge < -0.3 is 10.3 Å². The zero-order valence-corrected chi connectivity index (χ0v) is 14.5. The molecule has 4 heterocycles. The van der Waals surface area contributed by atoms with Crippen molar-refractivity contribution in [3.05, 3.63) is 81.5 Å². The average molecular weight is 360 g/mol. The van der Waals surface area contributed by atoms with Gasteiger partial charge in [0.15, 0.2) is 0 Å². The number of aryl methyl sites for hydroxylation is 1. The predicted octanol–water partition coefficient (Wildman–Crippen LogP) is 0.979. The van der Waals surface area contributed by atoms with E-state index in [0.717, 1.165) is 11.1 Å². The molecule has 0 aliphatic heterocycles. The number of amides is 1. The molecule has 0 bridgehead atoms. The van der Waals surface area contributed by atoms with E-state index in [2.05, 4.69) is 9.97 Å². The third-order valence-electron chi connectivity index (χ3n) is 4.41. The second kappa shape index (κ2) is 6.17. The molecule has 1 amide bonds. The van der Waals surface area contributed by atoms with Crippen LogP contribution in [0.1, 0.15) is 21.5 Å². The van der Waals surface area contributed by atoms with Crippen LogP contribution in [0.4, 0.5) is 0 Å². The molecule has 8 heteroatoms. The maximum atomic E-state index is 13.0. The van der Waals surface area contributed by atoms with E-state index in [9.17, 15) is 9.59 Å². The Kier molecular flexibility index (Phi) is 3.80. The molecule has 4 aromatic heterocycles. The van der Waals surface area contributed by atoms with Crippen molar-refractivity contribution in [3.63, 3.8) is 0 Å². The Labute approximate surface area is 153 Å². The monoisotopic (exact) mass is 360 g/mol. The molecule has 0 unspecified atom stereocenters. The van der Waals surface area contributed by atoms with Gasteiger partial charge in [0, 0.05) is 18.6 Å². The molecule has 3 N–H and O–H groups in total. The van der Waals surface area contributed by atoms with Crippen molar-refractivity contribution in [2.45, 2.75) is 13.5 Å². The summed E-state index contributed by atoms with van der Waals surface area (Å²) in [6.07, 6.45) is 4.97. The SMILES string of the molecule is Cc1ccc2nc3c(cc(C(N)=O)c(=N)n3Cc3ccncc3)c(=O)n2c1. The first-order valence-electron chi connectivity index (χ1n) is 8.25. The maximum absolute atomic E-state index is 13.0. The first-order valence-corrected chi connectivity index (χ1v) is 8.25. The number of rotatable bonds is 3. The highest BCUT2D eigenvalue weighted by Gasteiger charge is 2.16. The lowest BCUT2D eigenvalue weighted by molar-refractivity contribution is 0.0998. The Morgan fingerprint density at radius 1 is 1.22 bits per heavy atom. The number of nitrogens with zero attached hydrogens (tertiary/aromatic N) is 4. The minimum Gasteiger partial charge on any atom is -0.365 e. The summed E-state index contributed by atoms with van der Waals surface area (Å²) in [5.74, 6) is -0.765. The zero-order chi connectivity index (χ0) is 19.1. The largest absolute Gasteiger partial charge is 0.365 e. The Hall–Kier alpha value is -3.81. The van der Waals surface area contributed by atoms with Gasteiger partial charge in [-0.3, -0.25) is 24.4 Å². The van der Waals surface area contributed by atoms with Crippen LogP contribution in [0.15, 0.2) is 53.7 Å². The van der Waals surface area contributed by atoms with Crippen LogP contribution in [0.5, 0.6) is 0 Å². The van der Waals surface area contributed by atoms with Crippen molar-refractivity contribution >= 4 is 22.6 Å². The maximum Gasteiger partial charge on any atom is 0.267 e. The summed E-state index contributed by atoms with van der Waals surface area (Å²) in [6.45, 7) is 2.13. The van der Waals surface area contributed by atoms with Crippen LogP contribution in [-0.2, 0) is 6.54 Å². The number of hydrogen-bond donors (Lipinski definition) is 2. The molecule has 0 spiro atoms. The van der Waals surface area contributed by atoms with Crippen molar-refractivity contribution in [2.24, 2.45) is 5.73 Å². The van der Waals surface area contributed by atoms with Gasteiger partial charge >= 0.3 is 0 Å². The number of carbonyl (C=O) groups is 1. The lowest BCUT2D eigenvalue weighted by atomic mass is 10.2. The first kappa shape index (κ1) is 16.6. The third-order valence-corrected chi connectivity index (χ3v) is 4.41. The van der Waals surface area contributed by atoms with E-state index in [-0.39, 0.29) is 28.5 Å². The average Bonchev–Trinajstić information content (AvgIpc) is 2.65. The second-order valence-corrected chi connectivity index (χ2v) is 6.30. The molecular formula is C19H16N6O2. The number of primary amides is 1. The van der Waals surface area contributed by atoms with Gasteiger partial charge in [0.25, 0.3) is 11.5 Å². The fourth-order valence-electron chi connectivity index (χ4n) is 3.06. The second-order valence-electron chi connectivity index (χ2n) is 6.30. The van der Waals surface area contributed by atoms with Crippen molar-refractivity contribution in [1.82, 2.24) is 18.9 Å². The van der Waals surface area contributed by atoms with E-state index in [1.807, 2.05) is 13.0 Å². The summed E-state index contributed by atoms with van der Waals surface area (Å²) in [6, 6.07) is 8.56. The molecular weight excluding hydrogens is 344 g/mol. The summed E-state index contributed by atoms with van der Waals surface area (Å²) < 4.78 is 2.95. The lowest BCUT2D eigenvalue weighted by Crippen LogP contribution is -2.32. The number of nitrogens with one attached hydrogen (secondary N) is 1. The van der Waals surface area contributed by atoms with Gasteiger partial charge in [-0.05, 0) is 42.3 Å². The standard InChI is InChI=1S/C19H16N6O2/c1-11-2-3-15-23-18-14(19(27)24(15)9-11)8-13(17(21)26)16(20)25(18)10-12-4-6-22-7-5-12/h2-9,20H,10H2,1H3,(H2,21,26). The van der Waals surface area contributed by atoms with Crippen LogP contribution < -0.4 is 16.8 Å². The van der Waals surface area contributed by atoms with E-state index in [1.165, 1.54) is 15.0 Å². The highest BCUT2D eigenvalue weighted by atomic mass is 16.1. The fraction of sp³-hybridized carbons (Fsp3) is 0.105. The predicted molar refractivity (Wildman–Crippen MR) is 99.4 cm³/mol. The molecule has 0 radical (unpaired) electrons. The molecule has 0 aliphatic rings. The number of aromatic nitrogens is 4. The van der Waals surface area contributed by atoms with Crippen molar-refractivity contribution < 1.29 is 4.79 Å². The van der Waals surface area contributed by atoms with Crippen LogP contribution in [-0.4, -0.2) is 24.8 Å². The molecule has 134 valence electrons. The molecule has 8 nitrogen and oxygen atoms in total.